The molecule has 1 N–H and O–H groups in total. The molecular weight excluding hydrogens is 255 g/mol. The van der Waals surface area contributed by atoms with E-state index < -0.39 is 0 Å². The molecule has 0 aliphatic rings. The van der Waals surface area contributed by atoms with Gasteiger partial charge in [-0.25, -0.2) is 0 Å². The number of benzene rings is 1. The summed E-state index contributed by atoms with van der Waals surface area (Å²) in [4.78, 5) is 10.3. The molecule has 3 heteroatoms. The van der Waals surface area contributed by atoms with Crippen molar-refractivity contribution in [3.05, 3.63) is 32.9 Å². The van der Waals surface area contributed by atoms with Crippen molar-refractivity contribution in [2.45, 2.75) is 6.61 Å². The second-order valence-corrected chi connectivity index (χ2v) is 3.41. The number of rotatable bonds is 2. The van der Waals surface area contributed by atoms with Crippen LogP contribution < -0.4 is 0 Å². The second kappa shape index (κ2) is 3.82. The normalized spacial score (nSPS) is 9.64. The Morgan fingerprint density at radius 3 is 2.73 bits per heavy atom. The summed E-state index contributed by atoms with van der Waals surface area (Å²) in [6, 6.07) is 5.29. The Labute approximate surface area is 78.4 Å². The third kappa shape index (κ3) is 2.27. The summed E-state index contributed by atoms with van der Waals surface area (Å²) in [5.41, 5.74) is 1.39. The van der Waals surface area contributed by atoms with Crippen LogP contribution in [0.1, 0.15) is 15.9 Å². The van der Waals surface area contributed by atoms with Gasteiger partial charge in [-0.15, -0.1) is 0 Å². The molecule has 0 aliphatic heterocycles. The van der Waals surface area contributed by atoms with Crippen molar-refractivity contribution in [1.82, 2.24) is 0 Å². The topological polar surface area (TPSA) is 37.3 Å². The average molecular weight is 262 g/mol. The summed E-state index contributed by atoms with van der Waals surface area (Å²) in [5.74, 6) is 0. The highest BCUT2D eigenvalue weighted by molar-refractivity contribution is 14.1. The first kappa shape index (κ1) is 8.67. The van der Waals surface area contributed by atoms with E-state index in [1.165, 1.54) is 0 Å². The van der Waals surface area contributed by atoms with Crippen molar-refractivity contribution >= 4 is 28.9 Å². The molecule has 1 aromatic rings. The van der Waals surface area contributed by atoms with Gasteiger partial charge in [0.15, 0.2) is 0 Å². The molecule has 0 saturated heterocycles. The Hall–Kier alpha value is -0.420. The zero-order valence-corrected chi connectivity index (χ0v) is 7.91. The van der Waals surface area contributed by atoms with Gasteiger partial charge in [0.25, 0.3) is 0 Å². The maximum Gasteiger partial charge on any atom is 0.150 e. The van der Waals surface area contributed by atoms with Crippen LogP contribution >= 0.6 is 22.6 Å². The summed E-state index contributed by atoms with van der Waals surface area (Å²) < 4.78 is 0.969. The highest BCUT2D eigenvalue weighted by Crippen LogP contribution is 2.10. The lowest BCUT2D eigenvalue weighted by molar-refractivity contribution is 0.112. The molecule has 0 aromatic heterocycles. The minimum atomic E-state index is -0.0162. The fraction of sp³-hybridized carbons (Fsp3) is 0.125. The molecule has 0 atom stereocenters. The predicted octanol–water partition coefficient (Wildman–Crippen LogP) is 1.60. The van der Waals surface area contributed by atoms with Crippen LogP contribution in [0.25, 0.3) is 0 Å². The van der Waals surface area contributed by atoms with Crippen LogP contribution in [-0.2, 0) is 6.61 Å². The molecule has 0 unspecified atom stereocenters. The number of hydrogen-bond donors (Lipinski definition) is 1. The van der Waals surface area contributed by atoms with E-state index in [-0.39, 0.29) is 6.61 Å². The Balaban J connectivity index is 3.11. The Kier molecular flexibility index (Phi) is 3.02. The van der Waals surface area contributed by atoms with Crippen LogP contribution in [0.2, 0.25) is 0 Å². The molecular formula is C8H7IO2. The van der Waals surface area contributed by atoms with Gasteiger partial charge in [0, 0.05) is 9.13 Å². The second-order valence-electron chi connectivity index (χ2n) is 2.17. The molecule has 2 nitrogen and oxygen atoms in total. The number of carbonyl (C=O) groups excluding carboxylic acids is 1. The van der Waals surface area contributed by atoms with Gasteiger partial charge in [0.2, 0.25) is 0 Å². The van der Waals surface area contributed by atoms with Gasteiger partial charge in [-0.05, 0) is 46.4 Å². The Bertz CT molecular complexity index is 271. The molecule has 0 bridgehead atoms. The zero-order chi connectivity index (χ0) is 8.27. The third-order valence-corrected chi connectivity index (χ3v) is 1.92. The van der Waals surface area contributed by atoms with E-state index in [1.54, 1.807) is 12.1 Å². The fourth-order valence-corrected chi connectivity index (χ4v) is 1.59. The van der Waals surface area contributed by atoms with Gasteiger partial charge in [-0.3, -0.25) is 4.79 Å². The first-order valence-corrected chi connectivity index (χ1v) is 4.19. The molecule has 0 spiro atoms. The summed E-state index contributed by atoms with van der Waals surface area (Å²) in [6.07, 6.45) is 0.779. The largest absolute Gasteiger partial charge is 0.392 e. The van der Waals surface area contributed by atoms with E-state index in [2.05, 4.69) is 22.6 Å². The smallest absolute Gasteiger partial charge is 0.150 e. The zero-order valence-electron chi connectivity index (χ0n) is 5.75. The van der Waals surface area contributed by atoms with Crippen LogP contribution in [0.3, 0.4) is 0 Å². The van der Waals surface area contributed by atoms with Gasteiger partial charge in [-0.1, -0.05) is 0 Å². The Morgan fingerprint density at radius 2 is 2.18 bits per heavy atom. The molecule has 0 heterocycles. The standard InChI is InChI=1S/C8H7IO2/c9-8-2-6(4-10)1-7(3-8)5-11/h1-4,11H,5H2. The fourth-order valence-electron chi connectivity index (χ4n) is 0.835. The van der Waals surface area contributed by atoms with Gasteiger partial charge in [0.1, 0.15) is 6.29 Å². The van der Waals surface area contributed by atoms with Crippen molar-refractivity contribution in [2.75, 3.05) is 0 Å². The van der Waals surface area contributed by atoms with Crippen LogP contribution in [0.4, 0.5) is 0 Å². The van der Waals surface area contributed by atoms with Crippen molar-refractivity contribution in [1.29, 1.82) is 0 Å². The minimum absolute atomic E-state index is 0.0162. The summed E-state index contributed by atoms with van der Waals surface area (Å²) >= 11 is 2.11. The van der Waals surface area contributed by atoms with E-state index in [0.717, 1.165) is 15.4 Å². The highest BCUT2D eigenvalue weighted by Gasteiger charge is 1.96. The first-order valence-electron chi connectivity index (χ1n) is 3.12. The van der Waals surface area contributed by atoms with Crippen LogP contribution in [0.15, 0.2) is 18.2 Å². The van der Waals surface area contributed by atoms with Crippen molar-refractivity contribution < 1.29 is 9.90 Å². The van der Waals surface area contributed by atoms with Gasteiger partial charge >= 0.3 is 0 Å². The van der Waals surface area contributed by atoms with E-state index >= 15 is 0 Å². The molecule has 1 rings (SSSR count). The van der Waals surface area contributed by atoms with E-state index in [1.807, 2.05) is 6.07 Å². The number of hydrogen-bond acceptors (Lipinski definition) is 2. The van der Waals surface area contributed by atoms with Crippen molar-refractivity contribution in [3.8, 4) is 0 Å². The monoisotopic (exact) mass is 262 g/mol. The summed E-state index contributed by atoms with van der Waals surface area (Å²) in [7, 11) is 0. The maximum atomic E-state index is 10.3. The number of carbonyl (C=O) groups is 1. The molecule has 1 aromatic carbocycles. The van der Waals surface area contributed by atoms with Crippen molar-refractivity contribution in [3.63, 3.8) is 0 Å². The van der Waals surface area contributed by atoms with Crippen LogP contribution in [0, 0.1) is 3.57 Å². The summed E-state index contributed by atoms with van der Waals surface area (Å²) in [5, 5.41) is 8.76. The quantitative estimate of drug-likeness (QED) is 0.649. The molecule has 0 amide bonds. The molecule has 0 radical (unpaired) electrons. The predicted molar refractivity (Wildman–Crippen MR) is 50.5 cm³/mol. The van der Waals surface area contributed by atoms with Crippen LogP contribution in [-0.4, -0.2) is 11.4 Å². The number of aliphatic hydroxyl groups is 1. The van der Waals surface area contributed by atoms with Crippen molar-refractivity contribution in [2.24, 2.45) is 0 Å². The molecule has 0 saturated carbocycles. The van der Waals surface area contributed by atoms with E-state index in [9.17, 15) is 4.79 Å². The lowest BCUT2D eigenvalue weighted by atomic mass is 10.1. The third-order valence-electron chi connectivity index (χ3n) is 1.30. The molecule has 11 heavy (non-hydrogen) atoms. The average Bonchev–Trinajstić information content (AvgIpc) is 2.03. The SMILES string of the molecule is O=Cc1cc(I)cc(CO)c1. The molecule has 58 valence electrons. The molecule has 0 fully saturated rings. The van der Waals surface area contributed by atoms with Gasteiger partial charge in [-0.2, -0.15) is 0 Å². The maximum absolute atomic E-state index is 10.3. The van der Waals surface area contributed by atoms with Crippen LogP contribution in [0.5, 0.6) is 0 Å². The number of halogens is 1. The number of aldehydes is 1. The first-order chi connectivity index (χ1) is 5.26. The lowest BCUT2D eigenvalue weighted by Crippen LogP contribution is -1.88. The number of aliphatic hydroxyl groups excluding tert-OH is 1. The van der Waals surface area contributed by atoms with E-state index in [4.69, 9.17) is 5.11 Å². The lowest BCUT2D eigenvalue weighted by Gasteiger charge is -1.98. The molecule has 0 aliphatic carbocycles. The Morgan fingerprint density at radius 1 is 1.45 bits per heavy atom. The van der Waals surface area contributed by atoms with E-state index in [0.29, 0.717) is 5.56 Å². The van der Waals surface area contributed by atoms with Gasteiger partial charge < -0.3 is 5.11 Å². The summed E-state index contributed by atoms with van der Waals surface area (Å²) in [6.45, 7) is -0.0162. The van der Waals surface area contributed by atoms with Gasteiger partial charge in [0.05, 0.1) is 6.61 Å². The minimum Gasteiger partial charge on any atom is -0.392 e. The highest BCUT2D eigenvalue weighted by atomic mass is 127.